The topological polar surface area (TPSA) is 48.1 Å². The zero-order valence-electron chi connectivity index (χ0n) is 13.0. The molecule has 1 fully saturated rings. The Labute approximate surface area is 122 Å². The van der Waals surface area contributed by atoms with E-state index in [9.17, 15) is 0 Å². The summed E-state index contributed by atoms with van der Waals surface area (Å²) < 4.78 is 6.26. The van der Waals surface area contributed by atoms with Crippen molar-refractivity contribution in [2.75, 3.05) is 0 Å². The van der Waals surface area contributed by atoms with Crippen LogP contribution < -0.4 is 5.73 Å². The van der Waals surface area contributed by atoms with Crippen LogP contribution in [0.25, 0.3) is 0 Å². The number of hydrogen-bond donors (Lipinski definition) is 1. The molecule has 0 aliphatic heterocycles. The summed E-state index contributed by atoms with van der Waals surface area (Å²) in [5, 5.41) is 0. The Balaban J connectivity index is 2.00. The highest BCUT2D eigenvalue weighted by atomic mass is 16.5. The number of rotatable bonds is 5. The molecular formula is C17H28N2O. The van der Waals surface area contributed by atoms with Gasteiger partial charge in [0, 0.05) is 18.3 Å². The van der Waals surface area contributed by atoms with Crippen molar-refractivity contribution in [3.63, 3.8) is 0 Å². The Morgan fingerprint density at radius 3 is 2.90 bits per heavy atom. The highest BCUT2D eigenvalue weighted by Crippen LogP contribution is 2.35. The van der Waals surface area contributed by atoms with Crippen LogP contribution in [0.1, 0.15) is 51.3 Å². The third-order valence-corrected chi connectivity index (χ3v) is 4.59. The lowest BCUT2D eigenvalue weighted by atomic mass is 9.75. The number of pyridine rings is 1. The fraction of sp³-hybridized carbons (Fsp3) is 0.706. The van der Waals surface area contributed by atoms with Crippen molar-refractivity contribution in [1.82, 2.24) is 4.98 Å². The van der Waals surface area contributed by atoms with Crippen LogP contribution in [0.5, 0.6) is 0 Å². The molecule has 1 aliphatic carbocycles. The zero-order chi connectivity index (χ0) is 14.5. The maximum Gasteiger partial charge on any atom is 0.0739 e. The van der Waals surface area contributed by atoms with Crippen molar-refractivity contribution in [1.29, 1.82) is 0 Å². The van der Waals surface area contributed by atoms with Gasteiger partial charge in [-0.15, -0.1) is 0 Å². The van der Waals surface area contributed by atoms with Gasteiger partial charge in [-0.3, -0.25) is 4.98 Å². The number of ether oxygens (including phenoxy) is 1. The van der Waals surface area contributed by atoms with Gasteiger partial charge in [-0.25, -0.2) is 0 Å². The van der Waals surface area contributed by atoms with E-state index in [4.69, 9.17) is 10.5 Å². The summed E-state index contributed by atoms with van der Waals surface area (Å²) in [6.07, 6.45) is 5.99. The van der Waals surface area contributed by atoms with Gasteiger partial charge in [-0.05, 0) is 36.7 Å². The molecule has 0 spiro atoms. The van der Waals surface area contributed by atoms with Crippen molar-refractivity contribution in [2.45, 2.75) is 59.3 Å². The first-order chi connectivity index (χ1) is 9.61. The zero-order valence-corrected chi connectivity index (χ0v) is 13.0. The van der Waals surface area contributed by atoms with E-state index in [0.29, 0.717) is 31.1 Å². The second kappa shape index (κ2) is 7.19. The molecule has 1 aromatic rings. The van der Waals surface area contributed by atoms with E-state index in [2.05, 4.69) is 31.8 Å². The highest BCUT2D eigenvalue weighted by molar-refractivity contribution is 5.18. The number of nitrogens with zero attached hydrogens (tertiary/aromatic N) is 1. The average Bonchev–Trinajstić information content (AvgIpc) is 2.45. The monoisotopic (exact) mass is 276 g/mol. The second-order valence-electron chi connectivity index (χ2n) is 6.49. The average molecular weight is 276 g/mol. The highest BCUT2D eigenvalue weighted by Gasteiger charge is 2.31. The lowest BCUT2D eigenvalue weighted by Crippen LogP contribution is -2.34. The van der Waals surface area contributed by atoms with Gasteiger partial charge in [0.15, 0.2) is 0 Å². The lowest BCUT2D eigenvalue weighted by Gasteiger charge is -2.37. The van der Waals surface area contributed by atoms with Crippen LogP contribution in [0, 0.1) is 17.8 Å². The predicted molar refractivity (Wildman–Crippen MR) is 82.0 cm³/mol. The minimum Gasteiger partial charge on any atom is -0.373 e. The van der Waals surface area contributed by atoms with E-state index in [1.807, 2.05) is 6.07 Å². The van der Waals surface area contributed by atoms with Gasteiger partial charge in [0.05, 0.1) is 18.4 Å². The summed E-state index contributed by atoms with van der Waals surface area (Å²) in [6, 6.07) is 4.03. The first-order valence-corrected chi connectivity index (χ1v) is 7.86. The van der Waals surface area contributed by atoms with Crippen LogP contribution >= 0.6 is 0 Å². The molecule has 1 aliphatic rings. The quantitative estimate of drug-likeness (QED) is 0.895. The molecule has 2 N–H and O–H groups in total. The molecule has 112 valence electrons. The van der Waals surface area contributed by atoms with Gasteiger partial charge in [-0.2, -0.15) is 0 Å². The SMILES string of the molecule is CC1CCC(C(C)C)C(OCc2cccnc2CN)C1. The molecule has 20 heavy (non-hydrogen) atoms. The van der Waals surface area contributed by atoms with Gasteiger partial charge in [0.25, 0.3) is 0 Å². The first kappa shape index (κ1) is 15.5. The van der Waals surface area contributed by atoms with E-state index in [-0.39, 0.29) is 0 Å². The summed E-state index contributed by atoms with van der Waals surface area (Å²) in [5.74, 6) is 2.15. The van der Waals surface area contributed by atoms with Crippen LogP contribution in [0.3, 0.4) is 0 Å². The minimum absolute atomic E-state index is 0.379. The fourth-order valence-corrected chi connectivity index (χ4v) is 3.29. The maximum atomic E-state index is 6.26. The van der Waals surface area contributed by atoms with E-state index in [1.54, 1.807) is 6.20 Å². The summed E-state index contributed by atoms with van der Waals surface area (Å²) in [7, 11) is 0. The summed E-state index contributed by atoms with van der Waals surface area (Å²) in [5.41, 5.74) is 7.83. The molecule has 3 atom stereocenters. The van der Waals surface area contributed by atoms with Crippen LogP contribution in [0.2, 0.25) is 0 Å². The molecule has 0 aromatic carbocycles. The van der Waals surface area contributed by atoms with E-state index in [0.717, 1.165) is 17.2 Å². The Kier molecular flexibility index (Phi) is 5.55. The Hall–Kier alpha value is -0.930. The van der Waals surface area contributed by atoms with Crippen molar-refractivity contribution < 1.29 is 4.74 Å². The summed E-state index contributed by atoms with van der Waals surface area (Å²) in [6.45, 7) is 8.08. The van der Waals surface area contributed by atoms with E-state index < -0.39 is 0 Å². The van der Waals surface area contributed by atoms with Crippen LogP contribution in [0.4, 0.5) is 0 Å². The fourth-order valence-electron chi connectivity index (χ4n) is 3.29. The van der Waals surface area contributed by atoms with Gasteiger partial charge < -0.3 is 10.5 Å². The molecule has 0 radical (unpaired) electrons. The normalized spacial score (nSPS) is 26.9. The molecule has 0 amide bonds. The number of hydrogen-bond acceptors (Lipinski definition) is 3. The largest absolute Gasteiger partial charge is 0.373 e. The Bertz CT molecular complexity index is 419. The summed E-state index contributed by atoms with van der Waals surface area (Å²) >= 11 is 0. The third-order valence-electron chi connectivity index (χ3n) is 4.59. The van der Waals surface area contributed by atoms with Gasteiger partial charge in [0.2, 0.25) is 0 Å². The van der Waals surface area contributed by atoms with Crippen LogP contribution in [0.15, 0.2) is 18.3 Å². The molecule has 2 rings (SSSR count). The number of nitrogens with two attached hydrogens (primary N) is 1. The first-order valence-electron chi connectivity index (χ1n) is 7.86. The molecule has 1 heterocycles. The molecule has 0 saturated heterocycles. The molecule has 0 bridgehead atoms. The molecule has 1 aromatic heterocycles. The molecule has 1 saturated carbocycles. The van der Waals surface area contributed by atoms with E-state index >= 15 is 0 Å². The van der Waals surface area contributed by atoms with E-state index in [1.165, 1.54) is 19.3 Å². The Morgan fingerprint density at radius 1 is 1.40 bits per heavy atom. The standard InChI is InChI=1S/C17H28N2O/c1-12(2)15-7-6-13(3)9-17(15)20-11-14-5-4-8-19-16(14)10-18/h4-5,8,12-13,15,17H,6-7,9-11,18H2,1-3H3. The smallest absolute Gasteiger partial charge is 0.0739 e. The predicted octanol–water partition coefficient (Wildman–Crippen LogP) is 3.52. The van der Waals surface area contributed by atoms with Gasteiger partial charge in [-0.1, -0.05) is 33.3 Å². The minimum atomic E-state index is 0.379. The van der Waals surface area contributed by atoms with Crippen molar-refractivity contribution in [3.05, 3.63) is 29.6 Å². The van der Waals surface area contributed by atoms with Crippen molar-refractivity contribution in [2.24, 2.45) is 23.5 Å². The van der Waals surface area contributed by atoms with Crippen molar-refractivity contribution >= 4 is 0 Å². The van der Waals surface area contributed by atoms with Gasteiger partial charge >= 0.3 is 0 Å². The molecule has 3 heteroatoms. The second-order valence-corrected chi connectivity index (χ2v) is 6.49. The summed E-state index contributed by atoms with van der Waals surface area (Å²) in [4.78, 5) is 4.33. The molecular weight excluding hydrogens is 248 g/mol. The molecule has 3 nitrogen and oxygen atoms in total. The van der Waals surface area contributed by atoms with Crippen molar-refractivity contribution in [3.8, 4) is 0 Å². The third kappa shape index (κ3) is 3.80. The van der Waals surface area contributed by atoms with Crippen LogP contribution in [-0.2, 0) is 17.9 Å². The molecule has 3 unspecified atom stereocenters. The number of aromatic nitrogens is 1. The van der Waals surface area contributed by atoms with Crippen LogP contribution in [-0.4, -0.2) is 11.1 Å². The lowest BCUT2D eigenvalue weighted by molar-refractivity contribution is -0.0475. The Morgan fingerprint density at radius 2 is 2.20 bits per heavy atom. The van der Waals surface area contributed by atoms with Gasteiger partial charge in [0.1, 0.15) is 0 Å². The maximum absolute atomic E-state index is 6.26.